The molecule has 0 atom stereocenters. The zero-order valence-electron chi connectivity index (χ0n) is 22.5. The lowest BCUT2D eigenvalue weighted by molar-refractivity contribution is -0.116. The Bertz CT molecular complexity index is 1440. The number of esters is 2. The number of methoxy groups -OCH3 is 4. The number of benzene rings is 3. The van der Waals surface area contributed by atoms with E-state index in [4.69, 9.17) is 18.9 Å². The number of anilines is 1. The highest BCUT2D eigenvalue weighted by atomic mass is 32.2. The Labute approximate surface area is 232 Å². The predicted molar refractivity (Wildman–Crippen MR) is 146 cm³/mol. The fourth-order valence-electron chi connectivity index (χ4n) is 3.84. The molecular formula is C28H30N2O9S. The molecule has 0 aliphatic heterocycles. The van der Waals surface area contributed by atoms with Crippen molar-refractivity contribution in [3.8, 4) is 11.5 Å². The van der Waals surface area contributed by atoms with Gasteiger partial charge in [-0.05, 0) is 42.3 Å². The van der Waals surface area contributed by atoms with Crippen LogP contribution in [0, 0.1) is 0 Å². The van der Waals surface area contributed by atoms with Gasteiger partial charge in [-0.25, -0.2) is 18.0 Å². The molecule has 0 bridgehead atoms. The quantitative estimate of drug-likeness (QED) is 0.326. The Morgan fingerprint density at radius 3 is 1.93 bits per heavy atom. The molecule has 212 valence electrons. The maximum absolute atomic E-state index is 13.7. The van der Waals surface area contributed by atoms with Crippen molar-refractivity contribution in [1.82, 2.24) is 4.31 Å². The van der Waals surface area contributed by atoms with E-state index < -0.39 is 34.4 Å². The van der Waals surface area contributed by atoms with E-state index in [0.29, 0.717) is 12.2 Å². The number of rotatable bonds is 12. The summed E-state index contributed by atoms with van der Waals surface area (Å²) in [5.74, 6) is -1.61. The van der Waals surface area contributed by atoms with Gasteiger partial charge in [0.15, 0.2) is 11.5 Å². The Morgan fingerprint density at radius 1 is 0.775 bits per heavy atom. The highest BCUT2D eigenvalue weighted by Crippen LogP contribution is 2.31. The van der Waals surface area contributed by atoms with Crippen LogP contribution in [0.4, 0.5) is 5.69 Å². The summed E-state index contributed by atoms with van der Waals surface area (Å²) in [6.45, 7) is -0.566. The number of nitrogens with one attached hydrogen (secondary N) is 1. The van der Waals surface area contributed by atoms with E-state index in [1.165, 1.54) is 64.8 Å². The lowest BCUT2D eigenvalue weighted by Gasteiger charge is -2.22. The van der Waals surface area contributed by atoms with Crippen LogP contribution in [0.2, 0.25) is 0 Å². The van der Waals surface area contributed by atoms with Crippen molar-refractivity contribution in [3.05, 3.63) is 83.4 Å². The van der Waals surface area contributed by atoms with Gasteiger partial charge in [-0.15, -0.1) is 0 Å². The molecule has 0 aromatic heterocycles. The van der Waals surface area contributed by atoms with Gasteiger partial charge in [0.1, 0.15) is 0 Å². The molecule has 3 aromatic carbocycles. The maximum Gasteiger partial charge on any atom is 0.337 e. The summed E-state index contributed by atoms with van der Waals surface area (Å²) >= 11 is 0. The van der Waals surface area contributed by atoms with Crippen LogP contribution in [0.15, 0.2) is 71.6 Å². The molecule has 0 saturated heterocycles. The Morgan fingerprint density at radius 2 is 1.38 bits per heavy atom. The summed E-state index contributed by atoms with van der Waals surface area (Å²) in [4.78, 5) is 37.3. The van der Waals surface area contributed by atoms with Crippen LogP contribution < -0.4 is 14.8 Å². The number of hydrogen-bond donors (Lipinski definition) is 1. The second-order valence-corrected chi connectivity index (χ2v) is 10.4. The van der Waals surface area contributed by atoms with Crippen molar-refractivity contribution >= 4 is 33.6 Å². The molecule has 0 spiro atoms. The first kappa shape index (κ1) is 30.1. The maximum atomic E-state index is 13.7. The number of sulfonamides is 1. The molecule has 3 rings (SSSR count). The number of carbonyl (C=O) groups excluding carboxylic acids is 3. The lowest BCUT2D eigenvalue weighted by atomic mass is 10.1. The zero-order chi connectivity index (χ0) is 29.3. The average Bonchev–Trinajstić information content (AvgIpc) is 2.98. The molecule has 11 nitrogen and oxygen atoms in total. The van der Waals surface area contributed by atoms with E-state index >= 15 is 0 Å². The lowest BCUT2D eigenvalue weighted by Crippen LogP contribution is -2.39. The van der Waals surface area contributed by atoms with E-state index in [1.54, 1.807) is 0 Å². The smallest absolute Gasteiger partial charge is 0.337 e. The van der Waals surface area contributed by atoms with Crippen LogP contribution in [0.25, 0.3) is 0 Å². The molecule has 1 amide bonds. The average molecular weight is 571 g/mol. The van der Waals surface area contributed by atoms with E-state index in [9.17, 15) is 22.8 Å². The molecule has 1 N–H and O–H groups in total. The summed E-state index contributed by atoms with van der Waals surface area (Å²) in [5.41, 5.74) is 0.961. The second-order valence-electron chi connectivity index (χ2n) is 8.42. The third kappa shape index (κ3) is 7.36. The molecule has 0 aliphatic rings. The Kier molecular flexibility index (Phi) is 10.2. The third-order valence-electron chi connectivity index (χ3n) is 5.86. The molecular weight excluding hydrogens is 540 g/mol. The fourth-order valence-corrected chi connectivity index (χ4v) is 5.25. The predicted octanol–water partition coefficient (Wildman–Crippen LogP) is 3.15. The van der Waals surface area contributed by atoms with Crippen LogP contribution in [-0.2, 0) is 30.7 Å². The summed E-state index contributed by atoms with van der Waals surface area (Å²) in [7, 11) is 0.995. The summed E-state index contributed by atoms with van der Waals surface area (Å²) < 4.78 is 48.4. The summed E-state index contributed by atoms with van der Waals surface area (Å²) in [5, 5.41) is 2.57. The van der Waals surface area contributed by atoms with E-state index in [1.807, 2.05) is 30.3 Å². The van der Waals surface area contributed by atoms with Crippen LogP contribution in [-0.4, -0.2) is 72.1 Å². The minimum Gasteiger partial charge on any atom is -0.493 e. The molecule has 40 heavy (non-hydrogen) atoms. The van der Waals surface area contributed by atoms with Gasteiger partial charge >= 0.3 is 11.9 Å². The highest BCUT2D eigenvalue weighted by Gasteiger charge is 2.28. The molecule has 0 heterocycles. The van der Waals surface area contributed by atoms with Crippen molar-refractivity contribution in [2.45, 2.75) is 11.3 Å². The van der Waals surface area contributed by atoms with Gasteiger partial charge in [-0.1, -0.05) is 30.3 Å². The van der Waals surface area contributed by atoms with Crippen LogP contribution in [0.1, 0.15) is 26.3 Å². The normalized spacial score (nSPS) is 11.0. The Hall–Kier alpha value is -4.42. The molecule has 12 heteroatoms. The number of carbonyl (C=O) groups is 3. The molecule has 0 aliphatic carbocycles. The van der Waals surface area contributed by atoms with Gasteiger partial charge in [0.2, 0.25) is 15.9 Å². The van der Waals surface area contributed by atoms with Gasteiger partial charge < -0.3 is 24.3 Å². The standard InChI is InChI=1S/C28H30N2O9S/c1-36-24-11-10-23(17-25(24)37-2)40(34,35)30(13-12-19-8-6-5-7-9-19)18-26(31)29-22-15-20(27(32)38-3)14-21(16-22)28(33)39-4/h5-11,14-17H,12-13,18H2,1-4H3,(H,29,31). The number of amides is 1. The van der Waals surface area contributed by atoms with Crippen molar-refractivity contribution < 1.29 is 41.7 Å². The molecule has 0 saturated carbocycles. The van der Waals surface area contributed by atoms with Crippen LogP contribution in [0.3, 0.4) is 0 Å². The molecule has 0 unspecified atom stereocenters. The van der Waals surface area contributed by atoms with Crippen molar-refractivity contribution in [3.63, 3.8) is 0 Å². The zero-order valence-corrected chi connectivity index (χ0v) is 23.3. The van der Waals surface area contributed by atoms with E-state index in [-0.39, 0.29) is 34.0 Å². The molecule has 3 aromatic rings. The largest absolute Gasteiger partial charge is 0.493 e. The Balaban J connectivity index is 1.93. The second kappa shape index (κ2) is 13.6. The first-order chi connectivity index (χ1) is 19.1. The van der Waals surface area contributed by atoms with Gasteiger partial charge in [0, 0.05) is 18.3 Å². The molecule has 0 fully saturated rings. The highest BCUT2D eigenvalue weighted by molar-refractivity contribution is 7.89. The van der Waals surface area contributed by atoms with Crippen LogP contribution >= 0.6 is 0 Å². The third-order valence-corrected chi connectivity index (χ3v) is 7.71. The minimum absolute atomic E-state index is 0.000386. The number of ether oxygens (including phenoxy) is 4. The van der Waals surface area contributed by atoms with Crippen molar-refractivity contribution in [2.24, 2.45) is 0 Å². The number of hydrogen-bond acceptors (Lipinski definition) is 9. The number of nitrogens with zero attached hydrogens (tertiary/aromatic N) is 1. The fraction of sp³-hybridized carbons (Fsp3) is 0.250. The monoisotopic (exact) mass is 570 g/mol. The van der Waals surface area contributed by atoms with Gasteiger partial charge in [-0.3, -0.25) is 4.79 Å². The van der Waals surface area contributed by atoms with Gasteiger partial charge in [0.25, 0.3) is 0 Å². The van der Waals surface area contributed by atoms with Crippen molar-refractivity contribution in [2.75, 3.05) is 46.8 Å². The SMILES string of the molecule is COC(=O)c1cc(NC(=O)CN(CCc2ccccc2)S(=O)(=O)c2ccc(OC)c(OC)c2)cc(C(=O)OC)c1. The molecule has 0 radical (unpaired) electrons. The summed E-state index contributed by atoms with van der Waals surface area (Å²) in [6, 6.07) is 17.3. The first-order valence-electron chi connectivity index (χ1n) is 12.0. The van der Waals surface area contributed by atoms with Crippen LogP contribution in [0.5, 0.6) is 11.5 Å². The first-order valence-corrected chi connectivity index (χ1v) is 13.4. The van der Waals surface area contributed by atoms with Gasteiger partial charge in [0.05, 0.1) is 51.0 Å². The van der Waals surface area contributed by atoms with E-state index in [0.717, 1.165) is 9.87 Å². The minimum atomic E-state index is -4.18. The van der Waals surface area contributed by atoms with Crippen molar-refractivity contribution in [1.29, 1.82) is 0 Å². The summed E-state index contributed by atoms with van der Waals surface area (Å²) in [6.07, 6.45) is 0.338. The van der Waals surface area contributed by atoms with Gasteiger partial charge in [-0.2, -0.15) is 4.31 Å². The van der Waals surface area contributed by atoms with E-state index in [2.05, 4.69) is 5.32 Å². The topological polar surface area (TPSA) is 138 Å².